The quantitative estimate of drug-likeness (QED) is 0.499. The molecule has 3 N–H and O–H groups in total. The highest BCUT2D eigenvalue weighted by Gasteiger charge is 2.30. The van der Waals surface area contributed by atoms with Crippen LogP contribution in [-0.2, 0) is 9.53 Å². The van der Waals surface area contributed by atoms with Crippen LogP contribution >= 0.6 is 15.9 Å². The largest absolute Gasteiger partial charge is 0.507 e. The number of carbonyl (C=O) groups is 2. The maximum Gasteiger partial charge on any atom is 0.408 e. The molecule has 0 aliphatic heterocycles. The minimum absolute atomic E-state index is 0.0768. The molecule has 0 saturated carbocycles. The van der Waals surface area contributed by atoms with Crippen LogP contribution in [-0.4, -0.2) is 28.9 Å². The number of phenols is 1. The van der Waals surface area contributed by atoms with E-state index in [-0.39, 0.29) is 28.3 Å². The summed E-state index contributed by atoms with van der Waals surface area (Å²) >= 11 is 3.16. The van der Waals surface area contributed by atoms with E-state index in [1.165, 1.54) is 18.2 Å². The molecule has 0 saturated heterocycles. The van der Waals surface area contributed by atoms with E-state index < -0.39 is 18.1 Å². The van der Waals surface area contributed by atoms with Crippen molar-refractivity contribution in [2.75, 3.05) is 6.61 Å². The second-order valence-corrected chi connectivity index (χ2v) is 7.71. The molecule has 1 aliphatic carbocycles. The van der Waals surface area contributed by atoms with Gasteiger partial charge in [-0.15, -0.1) is 0 Å². The van der Waals surface area contributed by atoms with Gasteiger partial charge in [-0.25, -0.2) is 9.59 Å². The number of hydrogen-bond acceptors (Lipinski definition) is 4. The lowest BCUT2D eigenvalue weighted by Gasteiger charge is -2.18. The van der Waals surface area contributed by atoms with E-state index in [2.05, 4.69) is 21.2 Å². The number of carbonyl (C=O) groups excluding carboxylic acids is 1. The van der Waals surface area contributed by atoms with E-state index in [4.69, 9.17) is 4.74 Å². The van der Waals surface area contributed by atoms with Gasteiger partial charge >= 0.3 is 12.1 Å². The highest BCUT2D eigenvalue weighted by molar-refractivity contribution is 9.10. The number of rotatable bonds is 5. The number of amides is 1. The molecule has 1 amide bonds. The van der Waals surface area contributed by atoms with Crippen molar-refractivity contribution in [3.63, 3.8) is 0 Å². The first-order valence-electron chi connectivity index (χ1n) is 9.29. The lowest BCUT2D eigenvalue weighted by atomic mass is 9.98. The van der Waals surface area contributed by atoms with Crippen LogP contribution in [0.25, 0.3) is 11.1 Å². The molecular formula is C23H18BrNO5. The Hall–Kier alpha value is -3.32. The Morgan fingerprint density at radius 2 is 1.57 bits per heavy atom. The molecule has 0 fully saturated rings. The summed E-state index contributed by atoms with van der Waals surface area (Å²) < 4.78 is 5.63. The molecule has 0 radical (unpaired) electrons. The zero-order valence-corrected chi connectivity index (χ0v) is 17.3. The van der Waals surface area contributed by atoms with Gasteiger partial charge in [0.2, 0.25) is 0 Å². The van der Waals surface area contributed by atoms with Gasteiger partial charge in [0, 0.05) is 11.5 Å². The van der Waals surface area contributed by atoms with E-state index in [9.17, 15) is 19.8 Å². The third kappa shape index (κ3) is 3.64. The van der Waals surface area contributed by atoms with Crippen LogP contribution in [0.5, 0.6) is 5.75 Å². The first kappa shape index (κ1) is 20.0. The number of carboxylic acids is 1. The molecular weight excluding hydrogens is 450 g/mol. The molecule has 3 aromatic rings. The van der Waals surface area contributed by atoms with Crippen LogP contribution in [0.15, 0.2) is 71.2 Å². The Kier molecular flexibility index (Phi) is 5.46. The summed E-state index contributed by atoms with van der Waals surface area (Å²) in [5.41, 5.74) is 4.56. The second-order valence-electron chi connectivity index (χ2n) is 6.92. The zero-order valence-electron chi connectivity index (χ0n) is 15.7. The summed E-state index contributed by atoms with van der Waals surface area (Å²) in [6.45, 7) is 0.0768. The summed E-state index contributed by atoms with van der Waals surface area (Å²) in [6.07, 6.45) is -0.848. The van der Waals surface area contributed by atoms with E-state index in [0.717, 1.165) is 22.3 Å². The Morgan fingerprint density at radius 3 is 2.17 bits per heavy atom. The first-order chi connectivity index (χ1) is 14.5. The molecule has 6 nitrogen and oxygen atoms in total. The van der Waals surface area contributed by atoms with Gasteiger partial charge in [-0.2, -0.15) is 0 Å². The van der Waals surface area contributed by atoms with Gasteiger partial charge in [0.15, 0.2) is 6.04 Å². The van der Waals surface area contributed by atoms with Gasteiger partial charge in [-0.3, -0.25) is 0 Å². The molecule has 1 unspecified atom stereocenters. The number of benzene rings is 3. The number of phenolic OH excluding ortho intramolecular Hbond substituents is 1. The fourth-order valence-corrected chi connectivity index (χ4v) is 4.28. The average molecular weight is 468 g/mol. The molecule has 1 aliphatic rings. The maximum absolute atomic E-state index is 12.4. The van der Waals surface area contributed by atoms with Crippen molar-refractivity contribution < 1.29 is 24.5 Å². The fraction of sp³-hybridized carbons (Fsp3) is 0.130. The number of fused-ring (bicyclic) bond motifs is 3. The minimum Gasteiger partial charge on any atom is -0.507 e. The lowest BCUT2D eigenvalue weighted by Crippen LogP contribution is -2.35. The Labute approximate surface area is 181 Å². The number of aromatic hydroxyl groups is 1. The summed E-state index contributed by atoms with van der Waals surface area (Å²) in [6, 6.07) is 19.0. The number of alkyl carbamates (subject to hydrolysis) is 1. The van der Waals surface area contributed by atoms with Crippen molar-refractivity contribution in [3.05, 3.63) is 87.9 Å². The number of nitrogens with one attached hydrogen (secondary N) is 1. The molecule has 7 heteroatoms. The van der Waals surface area contributed by atoms with Crippen LogP contribution in [0.1, 0.15) is 28.7 Å². The molecule has 0 heterocycles. The number of carboxylic acid groups (broad SMARTS) is 1. The van der Waals surface area contributed by atoms with Crippen molar-refractivity contribution in [1.29, 1.82) is 0 Å². The fourth-order valence-electron chi connectivity index (χ4n) is 3.79. The lowest BCUT2D eigenvalue weighted by molar-refractivity contribution is -0.139. The highest BCUT2D eigenvalue weighted by atomic mass is 79.9. The van der Waals surface area contributed by atoms with Gasteiger partial charge in [-0.1, -0.05) is 60.7 Å². The van der Waals surface area contributed by atoms with Crippen molar-refractivity contribution in [2.24, 2.45) is 0 Å². The Bertz CT molecular complexity index is 1080. The monoisotopic (exact) mass is 467 g/mol. The first-order valence-corrected chi connectivity index (χ1v) is 10.1. The number of ether oxygens (including phenoxy) is 1. The number of halogens is 1. The third-order valence-corrected chi connectivity index (χ3v) is 6.04. The van der Waals surface area contributed by atoms with E-state index in [1.54, 1.807) is 0 Å². The Balaban J connectivity index is 1.51. The zero-order chi connectivity index (χ0) is 21.3. The van der Waals surface area contributed by atoms with Crippen LogP contribution in [0.2, 0.25) is 0 Å². The molecule has 30 heavy (non-hydrogen) atoms. The van der Waals surface area contributed by atoms with E-state index in [0.29, 0.717) is 0 Å². The van der Waals surface area contributed by atoms with E-state index >= 15 is 0 Å². The molecule has 0 spiro atoms. The van der Waals surface area contributed by atoms with Crippen LogP contribution in [0.4, 0.5) is 4.79 Å². The molecule has 152 valence electrons. The smallest absolute Gasteiger partial charge is 0.408 e. The molecule has 3 aromatic carbocycles. The summed E-state index contributed by atoms with van der Waals surface area (Å²) in [5.74, 6) is -1.51. The summed E-state index contributed by atoms with van der Waals surface area (Å²) in [5, 5.41) is 21.7. The molecule has 0 aromatic heterocycles. The predicted molar refractivity (Wildman–Crippen MR) is 114 cm³/mol. The minimum atomic E-state index is -1.37. The normalized spacial score (nSPS) is 13.2. The third-order valence-electron chi connectivity index (χ3n) is 5.17. The van der Waals surface area contributed by atoms with Gasteiger partial charge in [-0.05, 0) is 44.3 Å². The molecule has 4 rings (SSSR count). The van der Waals surface area contributed by atoms with Gasteiger partial charge in [0.1, 0.15) is 12.4 Å². The van der Waals surface area contributed by atoms with Crippen molar-refractivity contribution >= 4 is 28.0 Å². The molecule has 0 bridgehead atoms. The molecule has 1 atom stereocenters. The van der Waals surface area contributed by atoms with Crippen molar-refractivity contribution in [2.45, 2.75) is 12.0 Å². The van der Waals surface area contributed by atoms with Gasteiger partial charge < -0.3 is 20.3 Å². The number of hydrogen-bond donors (Lipinski definition) is 3. The highest BCUT2D eigenvalue weighted by Crippen LogP contribution is 2.44. The van der Waals surface area contributed by atoms with Gasteiger partial charge in [0.25, 0.3) is 0 Å². The van der Waals surface area contributed by atoms with Crippen LogP contribution < -0.4 is 5.32 Å². The van der Waals surface area contributed by atoms with Gasteiger partial charge in [0.05, 0.1) is 4.47 Å². The van der Waals surface area contributed by atoms with E-state index in [1.807, 2.05) is 48.5 Å². The second kappa shape index (κ2) is 8.20. The van der Waals surface area contributed by atoms with Crippen LogP contribution in [0.3, 0.4) is 0 Å². The number of aliphatic carboxylic acids is 1. The van der Waals surface area contributed by atoms with Crippen LogP contribution in [0, 0.1) is 0 Å². The summed E-state index contributed by atoms with van der Waals surface area (Å²) in [7, 11) is 0. The van der Waals surface area contributed by atoms with Crippen molar-refractivity contribution in [1.82, 2.24) is 5.32 Å². The topological polar surface area (TPSA) is 95.9 Å². The standard InChI is InChI=1S/C23H18BrNO5/c24-20-17(10-5-11-19(20)26)21(22(27)28)25-23(29)30-12-18-15-8-3-1-6-13(15)14-7-2-4-9-16(14)18/h1-11,18,21,26H,12H2,(H,25,29)(H,27,28). The average Bonchev–Trinajstić information content (AvgIpc) is 3.06. The van der Waals surface area contributed by atoms with Crippen molar-refractivity contribution in [3.8, 4) is 16.9 Å². The Morgan fingerprint density at radius 1 is 0.967 bits per heavy atom. The summed E-state index contributed by atoms with van der Waals surface area (Å²) in [4.78, 5) is 24.1. The predicted octanol–water partition coefficient (Wildman–Crippen LogP) is 4.82. The maximum atomic E-state index is 12.4. The SMILES string of the molecule is O=C(NC(C(=O)O)c1cccc(O)c1Br)OCC1c2ccccc2-c2ccccc21.